The highest BCUT2D eigenvalue weighted by Gasteiger charge is 2.20. The number of rotatable bonds is 4. The van der Waals surface area contributed by atoms with E-state index in [1.54, 1.807) is 38.4 Å². The molecule has 0 radical (unpaired) electrons. The molecule has 14 nitrogen and oxygen atoms in total. The standard InChI is InChI=1S/C22H22N8O6/c1-25-13-15(27(3)21(33)29(5)17(13)31)23-19(25)35-11-8-7-9-12(10-11)36-20-24-16-14(26(20)2)18(32)30(6)22(34)28(16)4/h7-10H,1-6H3. The van der Waals surface area contributed by atoms with E-state index in [4.69, 9.17) is 9.47 Å². The molecule has 0 spiro atoms. The molecule has 4 heterocycles. The number of fused-ring (bicyclic) bond motifs is 2. The molecule has 0 saturated heterocycles. The molecular formula is C22H22N8O6. The number of hydrogen-bond donors (Lipinski definition) is 0. The summed E-state index contributed by atoms with van der Waals surface area (Å²) in [5.74, 6) is 0.685. The molecule has 0 aliphatic rings. The van der Waals surface area contributed by atoms with Crippen molar-refractivity contribution < 1.29 is 9.47 Å². The van der Waals surface area contributed by atoms with E-state index in [1.165, 1.54) is 46.5 Å². The molecule has 0 aliphatic carbocycles. The van der Waals surface area contributed by atoms with Crippen molar-refractivity contribution in [1.29, 1.82) is 0 Å². The van der Waals surface area contributed by atoms with Gasteiger partial charge in [-0.25, -0.2) is 9.59 Å². The van der Waals surface area contributed by atoms with Gasteiger partial charge in [-0.1, -0.05) is 6.07 Å². The summed E-state index contributed by atoms with van der Waals surface area (Å²) in [6, 6.07) is 6.78. The van der Waals surface area contributed by atoms with Gasteiger partial charge in [-0.3, -0.25) is 37.0 Å². The van der Waals surface area contributed by atoms with E-state index in [1.807, 2.05) is 0 Å². The fraction of sp³-hybridized carbons (Fsp3) is 0.273. The first-order valence-corrected chi connectivity index (χ1v) is 10.7. The van der Waals surface area contributed by atoms with Crippen molar-refractivity contribution in [2.75, 3.05) is 0 Å². The Kier molecular flexibility index (Phi) is 4.98. The van der Waals surface area contributed by atoms with Gasteiger partial charge < -0.3 is 9.47 Å². The third-order valence-electron chi connectivity index (χ3n) is 6.09. The lowest BCUT2D eigenvalue weighted by Gasteiger charge is -2.08. The van der Waals surface area contributed by atoms with Crippen LogP contribution in [0.25, 0.3) is 22.3 Å². The molecule has 5 aromatic rings. The molecule has 0 unspecified atom stereocenters. The van der Waals surface area contributed by atoms with Crippen LogP contribution in [-0.2, 0) is 42.3 Å². The first-order valence-electron chi connectivity index (χ1n) is 10.7. The fourth-order valence-electron chi connectivity index (χ4n) is 3.99. The van der Waals surface area contributed by atoms with Gasteiger partial charge in [0.2, 0.25) is 0 Å². The van der Waals surface area contributed by atoms with E-state index in [-0.39, 0.29) is 34.3 Å². The quantitative estimate of drug-likeness (QED) is 0.335. The summed E-state index contributed by atoms with van der Waals surface area (Å²) in [5, 5.41) is 0. The predicted octanol–water partition coefficient (Wildman–Crippen LogP) is -0.161. The Morgan fingerprint density at radius 2 is 0.972 bits per heavy atom. The lowest BCUT2D eigenvalue weighted by molar-refractivity contribution is 0.409. The van der Waals surface area contributed by atoms with Crippen LogP contribution in [0.5, 0.6) is 23.5 Å². The van der Waals surface area contributed by atoms with Crippen LogP contribution < -0.4 is 32.0 Å². The highest BCUT2D eigenvalue weighted by atomic mass is 16.5. The topological polar surface area (TPSA) is 142 Å². The highest BCUT2D eigenvalue weighted by molar-refractivity contribution is 5.72. The third kappa shape index (κ3) is 3.18. The number of imidazole rings is 2. The van der Waals surface area contributed by atoms with Crippen LogP contribution in [0.15, 0.2) is 43.4 Å². The second-order valence-corrected chi connectivity index (χ2v) is 8.34. The molecule has 0 fully saturated rings. The summed E-state index contributed by atoms with van der Waals surface area (Å²) >= 11 is 0. The van der Waals surface area contributed by atoms with Crippen LogP contribution in [0.2, 0.25) is 0 Å². The summed E-state index contributed by atoms with van der Waals surface area (Å²) in [5.41, 5.74) is -1.15. The summed E-state index contributed by atoms with van der Waals surface area (Å²) in [6.07, 6.45) is 0. The zero-order valence-corrected chi connectivity index (χ0v) is 20.3. The zero-order valence-electron chi connectivity index (χ0n) is 20.3. The second-order valence-electron chi connectivity index (χ2n) is 8.34. The summed E-state index contributed by atoms with van der Waals surface area (Å²) in [6.45, 7) is 0. The Morgan fingerprint density at radius 3 is 1.36 bits per heavy atom. The normalized spacial score (nSPS) is 11.5. The van der Waals surface area contributed by atoms with Crippen molar-refractivity contribution >= 4 is 22.3 Å². The van der Waals surface area contributed by atoms with Gasteiger partial charge in [-0.15, -0.1) is 0 Å². The van der Waals surface area contributed by atoms with E-state index >= 15 is 0 Å². The molecule has 14 heteroatoms. The van der Waals surface area contributed by atoms with Gasteiger partial charge in [0.25, 0.3) is 11.1 Å². The molecule has 186 valence electrons. The molecule has 0 bridgehead atoms. The van der Waals surface area contributed by atoms with Crippen LogP contribution >= 0.6 is 0 Å². The number of ether oxygens (including phenoxy) is 2. The van der Waals surface area contributed by atoms with E-state index in [9.17, 15) is 19.2 Å². The minimum absolute atomic E-state index is 0.0988. The summed E-state index contributed by atoms with van der Waals surface area (Å²) in [7, 11) is 9.06. The first kappa shape index (κ1) is 22.9. The maximum absolute atomic E-state index is 12.6. The smallest absolute Gasteiger partial charge is 0.332 e. The maximum Gasteiger partial charge on any atom is 0.332 e. The third-order valence-corrected chi connectivity index (χ3v) is 6.09. The minimum Gasteiger partial charge on any atom is -0.425 e. The Balaban J connectivity index is 1.53. The number of aromatic nitrogens is 8. The second kappa shape index (κ2) is 7.83. The van der Waals surface area contributed by atoms with Gasteiger partial charge in [0.15, 0.2) is 22.3 Å². The van der Waals surface area contributed by atoms with Crippen molar-refractivity contribution in [2.45, 2.75) is 0 Å². The predicted molar refractivity (Wildman–Crippen MR) is 129 cm³/mol. The van der Waals surface area contributed by atoms with E-state index in [0.717, 1.165) is 9.13 Å². The fourth-order valence-corrected chi connectivity index (χ4v) is 3.99. The monoisotopic (exact) mass is 494 g/mol. The Morgan fingerprint density at radius 1 is 0.583 bits per heavy atom. The number of benzene rings is 1. The van der Waals surface area contributed by atoms with Crippen LogP contribution in [0, 0.1) is 0 Å². The minimum atomic E-state index is -0.498. The van der Waals surface area contributed by atoms with Gasteiger partial charge in [-0.05, 0) is 12.1 Å². The number of nitrogens with zero attached hydrogens (tertiary/aromatic N) is 8. The van der Waals surface area contributed by atoms with Crippen molar-refractivity contribution in [1.82, 2.24) is 37.4 Å². The van der Waals surface area contributed by atoms with Crippen LogP contribution in [0.1, 0.15) is 0 Å². The van der Waals surface area contributed by atoms with Crippen LogP contribution in [0.3, 0.4) is 0 Å². The maximum atomic E-state index is 12.6. The lowest BCUT2D eigenvalue weighted by atomic mass is 10.3. The van der Waals surface area contributed by atoms with E-state index < -0.39 is 22.5 Å². The van der Waals surface area contributed by atoms with Crippen molar-refractivity contribution in [2.24, 2.45) is 42.3 Å². The average molecular weight is 494 g/mol. The highest BCUT2D eigenvalue weighted by Crippen LogP contribution is 2.29. The summed E-state index contributed by atoms with van der Waals surface area (Å²) < 4.78 is 19.3. The van der Waals surface area contributed by atoms with Gasteiger partial charge in [0, 0.05) is 48.4 Å². The number of hydrogen-bond acceptors (Lipinski definition) is 8. The molecule has 36 heavy (non-hydrogen) atoms. The van der Waals surface area contributed by atoms with Crippen LogP contribution in [0.4, 0.5) is 0 Å². The average Bonchev–Trinajstić information content (AvgIpc) is 3.36. The molecule has 5 rings (SSSR count). The lowest BCUT2D eigenvalue weighted by Crippen LogP contribution is -2.37. The molecule has 0 amide bonds. The largest absolute Gasteiger partial charge is 0.425 e. The first-order chi connectivity index (χ1) is 17.0. The van der Waals surface area contributed by atoms with E-state index in [2.05, 4.69) is 9.97 Å². The molecule has 1 aromatic carbocycles. The molecule has 0 aliphatic heterocycles. The van der Waals surface area contributed by atoms with Gasteiger partial charge in [0.1, 0.15) is 11.5 Å². The molecular weight excluding hydrogens is 472 g/mol. The molecule has 0 atom stereocenters. The van der Waals surface area contributed by atoms with Gasteiger partial charge >= 0.3 is 23.4 Å². The van der Waals surface area contributed by atoms with Crippen molar-refractivity contribution in [3.8, 4) is 23.5 Å². The van der Waals surface area contributed by atoms with Crippen LogP contribution in [-0.4, -0.2) is 37.4 Å². The van der Waals surface area contributed by atoms with Crippen molar-refractivity contribution in [3.63, 3.8) is 0 Å². The summed E-state index contributed by atoms with van der Waals surface area (Å²) in [4.78, 5) is 58.3. The van der Waals surface area contributed by atoms with Crippen molar-refractivity contribution in [3.05, 3.63) is 65.9 Å². The van der Waals surface area contributed by atoms with Gasteiger partial charge in [0.05, 0.1) is 0 Å². The molecule has 0 saturated carbocycles. The Hall–Kier alpha value is -4.88. The Bertz CT molecular complexity index is 1810. The van der Waals surface area contributed by atoms with Gasteiger partial charge in [-0.2, -0.15) is 9.97 Å². The SMILES string of the molecule is Cn1c(=O)c2c(nc(Oc3cccc(Oc4nc5c(c(=O)n(C)c(=O)n5C)n4C)c3)n2C)n(C)c1=O. The Labute approximate surface area is 201 Å². The molecule has 0 N–H and O–H groups in total. The number of aryl methyl sites for hydroxylation is 4. The van der Waals surface area contributed by atoms with E-state index in [0.29, 0.717) is 11.5 Å². The zero-order chi connectivity index (χ0) is 26.0. The molecule has 4 aromatic heterocycles.